The van der Waals surface area contributed by atoms with Gasteiger partial charge in [0.2, 0.25) is 0 Å². The molecule has 6 nitrogen and oxygen atoms in total. The largest absolute Gasteiger partial charge is 0.485 e. The van der Waals surface area contributed by atoms with Crippen LogP contribution in [-0.4, -0.2) is 28.5 Å². The second kappa shape index (κ2) is 13.0. The molecule has 0 radical (unpaired) electrons. The molecule has 9 heteroatoms. The van der Waals surface area contributed by atoms with Gasteiger partial charge in [-0.05, 0) is 53.9 Å². The molecule has 0 saturated carbocycles. The van der Waals surface area contributed by atoms with E-state index in [0.29, 0.717) is 26.4 Å². The summed E-state index contributed by atoms with van der Waals surface area (Å²) in [6.07, 6.45) is 1.10. The number of aliphatic carboxylic acids is 1. The number of amides is 1. The van der Waals surface area contributed by atoms with E-state index in [1.165, 1.54) is 0 Å². The maximum absolute atomic E-state index is 12.6. The highest BCUT2D eigenvalue weighted by atomic mass is 35.5. The number of ether oxygens (including phenoxy) is 1. The lowest BCUT2D eigenvalue weighted by molar-refractivity contribution is -0.137. The molecule has 0 aromatic heterocycles. The molecule has 0 saturated heterocycles. The van der Waals surface area contributed by atoms with Gasteiger partial charge in [0.1, 0.15) is 11.9 Å². The summed E-state index contributed by atoms with van der Waals surface area (Å²) in [5, 5.41) is 11.2. The van der Waals surface area contributed by atoms with Crippen LogP contribution < -0.4 is 10.6 Å². The van der Waals surface area contributed by atoms with Gasteiger partial charge in [0.05, 0.1) is 16.5 Å². The van der Waals surface area contributed by atoms with Crippen LogP contribution in [0.4, 0.5) is 0 Å². The standard InChI is InChI=1S/C27H27Cl3N2O4/c1-2-3-22(17-4-6-19(7-5-17)27(35)32(31)15-14-25(33)34)26(18-8-10-20(28)11-9-18)36-21-12-13-23(29)24(30)16-21/h4-13,16,22,26H,2-3,14-15,31H2,1H3,(H,33,34)/t22-,26+/m1/s1. The SMILES string of the molecule is CCC[C@H](c1ccc(C(=O)N(N)CCC(=O)O)cc1)[C@@H](Oc1ccc(Cl)c(Cl)c1)c1ccc(Cl)cc1. The Morgan fingerprint density at radius 2 is 1.58 bits per heavy atom. The highest BCUT2D eigenvalue weighted by molar-refractivity contribution is 6.42. The predicted molar refractivity (Wildman–Crippen MR) is 143 cm³/mol. The smallest absolute Gasteiger partial charge is 0.305 e. The summed E-state index contributed by atoms with van der Waals surface area (Å²) in [5.41, 5.74) is 2.28. The Morgan fingerprint density at radius 3 is 2.17 bits per heavy atom. The molecule has 0 aliphatic carbocycles. The summed E-state index contributed by atoms with van der Waals surface area (Å²) in [5.74, 6) is 4.81. The molecule has 3 rings (SSSR count). The van der Waals surface area contributed by atoms with Crippen molar-refractivity contribution in [3.05, 3.63) is 98.5 Å². The minimum atomic E-state index is -1.02. The molecule has 0 bridgehead atoms. The van der Waals surface area contributed by atoms with E-state index in [0.717, 1.165) is 29.0 Å². The first-order chi connectivity index (χ1) is 17.2. The van der Waals surface area contributed by atoms with E-state index in [1.54, 1.807) is 30.3 Å². The normalized spacial score (nSPS) is 12.6. The number of carbonyl (C=O) groups is 2. The average Bonchev–Trinajstić information content (AvgIpc) is 2.87. The average molecular weight is 550 g/mol. The molecule has 1 amide bonds. The van der Waals surface area contributed by atoms with Gasteiger partial charge in [0.25, 0.3) is 5.91 Å². The molecule has 3 N–H and O–H groups in total. The maximum atomic E-state index is 12.6. The van der Waals surface area contributed by atoms with E-state index in [-0.39, 0.29) is 25.0 Å². The van der Waals surface area contributed by atoms with Gasteiger partial charge in [-0.2, -0.15) is 0 Å². The van der Waals surface area contributed by atoms with Crippen LogP contribution in [0.15, 0.2) is 66.7 Å². The molecular formula is C27H27Cl3N2O4. The minimum Gasteiger partial charge on any atom is -0.485 e. The zero-order chi connectivity index (χ0) is 26.2. The monoisotopic (exact) mass is 548 g/mol. The second-order valence-electron chi connectivity index (χ2n) is 8.33. The molecule has 3 aromatic rings. The Balaban J connectivity index is 1.93. The summed E-state index contributed by atoms with van der Waals surface area (Å²) in [7, 11) is 0. The molecule has 2 atom stereocenters. The first-order valence-electron chi connectivity index (χ1n) is 11.4. The van der Waals surface area contributed by atoms with Crippen LogP contribution in [0.3, 0.4) is 0 Å². The Hall–Kier alpha value is -2.77. The molecule has 0 spiro atoms. The number of carboxylic acids is 1. The number of halogens is 3. The number of nitrogens with two attached hydrogens (primary N) is 1. The van der Waals surface area contributed by atoms with Gasteiger partial charge in [-0.3, -0.25) is 14.6 Å². The summed E-state index contributed by atoms with van der Waals surface area (Å²) < 4.78 is 6.48. The van der Waals surface area contributed by atoms with Gasteiger partial charge < -0.3 is 9.84 Å². The van der Waals surface area contributed by atoms with E-state index >= 15 is 0 Å². The molecule has 0 aliphatic heterocycles. The number of carbonyl (C=O) groups excluding carboxylic acids is 1. The van der Waals surface area contributed by atoms with Crippen molar-refractivity contribution in [2.45, 2.75) is 38.2 Å². The van der Waals surface area contributed by atoms with Crippen LogP contribution in [0, 0.1) is 0 Å². The summed E-state index contributed by atoms with van der Waals surface area (Å²) in [6.45, 7) is 2.02. The number of carboxylic acid groups (broad SMARTS) is 1. The van der Waals surface area contributed by atoms with Gasteiger partial charge in [0, 0.05) is 29.1 Å². The Labute approximate surface area is 225 Å². The van der Waals surface area contributed by atoms with E-state index in [9.17, 15) is 9.59 Å². The fraction of sp³-hybridized carbons (Fsp3) is 0.259. The van der Waals surface area contributed by atoms with Crippen molar-refractivity contribution in [3.8, 4) is 5.75 Å². The van der Waals surface area contributed by atoms with Crippen LogP contribution in [0.5, 0.6) is 5.75 Å². The zero-order valence-corrected chi connectivity index (χ0v) is 21.9. The Morgan fingerprint density at radius 1 is 0.944 bits per heavy atom. The first kappa shape index (κ1) is 27.8. The fourth-order valence-electron chi connectivity index (χ4n) is 3.89. The number of hydrogen-bond acceptors (Lipinski definition) is 4. The van der Waals surface area contributed by atoms with Crippen molar-refractivity contribution in [1.82, 2.24) is 5.01 Å². The molecule has 190 valence electrons. The highest BCUT2D eigenvalue weighted by Crippen LogP contribution is 2.40. The second-order valence-corrected chi connectivity index (χ2v) is 9.58. The summed E-state index contributed by atoms with van der Waals surface area (Å²) in [6, 6.07) is 19.8. The van der Waals surface area contributed by atoms with E-state index in [1.807, 2.05) is 36.4 Å². The highest BCUT2D eigenvalue weighted by Gasteiger charge is 2.27. The summed E-state index contributed by atoms with van der Waals surface area (Å²) in [4.78, 5) is 23.4. The molecule has 0 aliphatic rings. The molecule has 0 fully saturated rings. The number of nitrogens with zero attached hydrogens (tertiary/aromatic N) is 1. The van der Waals surface area contributed by atoms with Gasteiger partial charge in [0.15, 0.2) is 0 Å². The van der Waals surface area contributed by atoms with Crippen LogP contribution >= 0.6 is 34.8 Å². The molecular weight excluding hydrogens is 523 g/mol. The lowest BCUT2D eigenvalue weighted by Gasteiger charge is -2.29. The van der Waals surface area contributed by atoms with Crippen LogP contribution in [0.2, 0.25) is 15.1 Å². The maximum Gasteiger partial charge on any atom is 0.305 e. The first-order valence-corrected chi connectivity index (χ1v) is 12.6. The van der Waals surface area contributed by atoms with Crippen molar-refractivity contribution >= 4 is 46.7 Å². The third kappa shape index (κ3) is 7.37. The number of hydrogen-bond donors (Lipinski definition) is 2. The van der Waals surface area contributed by atoms with Crippen LogP contribution in [0.25, 0.3) is 0 Å². The minimum absolute atomic E-state index is 0.0595. The molecule has 0 heterocycles. The van der Waals surface area contributed by atoms with E-state index in [4.69, 9.17) is 50.5 Å². The predicted octanol–water partition coefficient (Wildman–Crippen LogP) is 7.14. The van der Waals surface area contributed by atoms with Crippen molar-refractivity contribution < 1.29 is 19.4 Å². The Bertz CT molecular complexity index is 1190. The quantitative estimate of drug-likeness (QED) is 0.151. The topological polar surface area (TPSA) is 92.9 Å². The fourth-order valence-corrected chi connectivity index (χ4v) is 4.31. The van der Waals surface area contributed by atoms with Crippen LogP contribution in [-0.2, 0) is 4.79 Å². The van der Waals surface area contributed by atoms with Gasteiger partial charge in [-0.15, -0.1) is 0 Å². The third-order valence-corrected chi connectivity index (χ3v) is 6.72. The molecule has 0 unspecified atom stereocenters. The van der Waals surface area contributed by atoms with Crippen molar-refractivity contribution in [2.75, 3.05) is 6.54 Å². The lowest BCUT2D eigenvalue weighted by atomic mass is 9.85. The Kier molecular flexibility index (Phi) is 10.0. The number of rotatable bonds is 11. The summed E-state index contributed by atoms with van der Waals surface area (Å²) >= 11 is 18.4. The van der Waals surface area contributed by atoms with Gasteiger partial charge in [-0.1, -0.05) is 72.4 Å². The number of benzene rings is 3. The van der Waals surface area contributed by atoms with Crippen LogP contribution in [0.1, 0.15) is 59.7 Å². The zero-order valence-electron chi connectivity index (χ0n) is 19.7. The van der Waals surface area contributed by atoms with Crippen molar-refractivity contribution in [1.29, 1.82) is 0 Å². The van der Waals surface area contributed by atoms with Crippen molar-refractivity contribution in [3.63, 3.8) is 0 Å². The molecule has 3 aromatic carbocycles. The van der Waals surface area contributed by atoms with Gasteiger partial charge in [-0.25, -0.2) is 5.84 Å². The van der Waals surface area contributed by atoms with Crippen molar-refractivity contribution in [2.24, 2.45) is 5.84 Å². The molecule has 36 heavy (non-hydrogen) atoms. The van der Waals surface area contributed by atoms with E-state index < -0.39 is 11.9 Å². The van der Waals surface area contributed by atoms with E-state index in [2.05, 4.69) is 6.92 Å². The van der Waals surface area contributed by atoms with Gasteiger partial charge >= 0.3 is 5.97 Å². The number of hydrazine groups is 1. The third-order valence-electron chi connectivity index (χ3n) is 5.73. The lowest BCUT2D eigenvalue weighted by Crippen LogP contribution is -2.38.